The van der Waals surface area contributed by atoms with Gasteiger partial charge in [0.15, 0.2) is 0 Å². The zero-order valence-corrected chi connectivity index (χ0v) is 15.8. The van der Waals surface area contributed by atoms with E-state index in [4.69, 9.17) is 9.47 Å². The van der Waals surface area contributed by atoms with E-state index in [1.54, 1.807) is 6.07 Å². The highest BCUT2D eigenvalue weighted by atomic mass is 79.9. The molecule has 0 aromatic heterocycles. The lowest BCUT2D eigenvalue weighted by atomic mass is 10.1. The minimum Gasteiger partial charge on any atom is -0.444 e. The summed E-state index contributed by atoms with van der Waals surface area (Å²) in [5, 5.41) is 0. The number of likely N-dealkylation sites (tertiary alicyclic amines) is 1. The minimum absolute atomic E-state index is 0.125. The van der Waals surface area contributed by atoms with E-state index in [0.717, 1.165) is 18.4 Å². The number of amides is 1. The van der Waals surface area contributed by atoms with Crippen LogP contribution in [0.1, 0.15) is 39.2 Å². The lowest BCUT2D eigenvalue weighted by molar-refractivity contribution is -0.0217. The molecule has 3 atom stereocenters. The summed E-state index contributed by atoms with van der Waals surface area (Å²) in [4.78, 5) is 14.1. The van der Waals surface area contributed by atoms with Crippen molar-refractivity contribution < 1.29 is 18.7 Å². The van der Waals surface area contributed by atoms with Gasteiger partial charge in [-0.15, -0.1) is 0 Å². The third-order valence-corrected chi connectivity index (χ3v) is 5.20. The second kappa shape index (κ2) is 6.64. The fraction of sp³-hybridized carbons (Fsp3) is 0.611. The summed E-state index contributed by atoms with van der Waals surface area (Å²) in [5.74, 6) is 0.0583. The molecule has 1 aromatic rings. The van der Waals surface area contributed by atoms with Crippen LogP contribution < -0.4 is 0 Å². The summed E-state index contributed by atoms with van der Waals surface area (Å²) in [6.07, 6.45) is 1.67. The Balaban J connectivity index is 1.52. The number of carbonyl (C=O) groups is 1. The van der Waals surface area contributed by atoms with Gasteiger partial charge in [-0.05, 0) is 67.2 Å². The van der Waals surface area contributed by atoms with Gasteiger partial charge >= 0.3 is 6.09 Å². The van der Waals surface area contributed by atoms with Crippen molar-refractivity contribution in [1.82, 2.24) is 4.90 Å². The first-order valence-electron chi connectivity index (χ1n) is 8.28. The molecule has 0 radical (unpaired) electrons. The molecule has 24 heavy (non-hydrogen) atoms. The van der Waals surface area contributed by atoms with E-state index in [9.17, 15) is 9.18 Å². The highest BCUT2D eigenvalue weighted by Crippen LogP contribution is 2.40. The molecule has 1 saturated heterocycles. The van der Waals surface area contributed by atoms with Crippen LogP contribution in [-0.4, -0.2) is 35.3 Å². The summed E-state index contributed by atoms with van der Waals surface area (Å²) >= 11 is 3.15. The van der Waals surface area contributed by atoms with Crippen molar-refractivity contribution in [3.63, 3.8) is 0 Å². The number of carbonyl (C=O) groups excluding carboxylic acids is 1. The fourth-order valence-corrected chi connectivity index (χ4v) is 3.73. The van der Waals surface area contributed by atoms with Crippen LogP contribution in [-0.2, 0) is 16.1 Å². The van der Waals surface area contributed by atoms with Crippen LogP contribution in [0.5, 0.6) is 0 Å². The van der Waals surface area contributed by atoms with E-state index in [1.807, 2.05) is 31.7 Å². The molecule has 1 heterocycles. The predicted molar refractivity (Wildman–Crippen MR) is 92.1 cm³/mol. The lowest BCUT2D eigenvalue weighted by Crippen LogP contribution is -2.44. The number of hydrogen-bond acceptors (Lipinski definition) is 3. The summed E-state index contributed by atoms with van der Waals surface area (Å²) in [7, 11) is 0. The lowest BCUT2D eigenvalue weighted by Gasteiger charge is -2.33. The normalized spacial score (nSPS) is 26.0. The SMILES string of the molecule is CC(C)(C)OC(=O)N1CC2CC1CC2OCc1ccc(Br)c(F)c1. The topological polar surface area (TPSA) is 38.8 Å². The number of rotatable bonds is 3. The van der Waals surface area contributed by atoms with E-state index in [1.165, 1.54) is 6.07 Å². The van der Waals surface area contributed by atoms with Crippen LogP contribution in [0.4, 0.5) is 9.18 Å². The molecule has 3 rings (SSSR count). The van der Waals surface area contributed by atoms with Gasteiger partial charge in [0.1, 0.15) is 11.4 Å². The number of hydrogen-bond donors (Lipinski definition) is 0. The average Bonchev–Trinajstić information content (AvgIpc) is 3.06. The van der Waals surface area contributed by atoms with Crippen molar-refractivity contribution in [2.75, 3.05) is 6.54 Å². The van der Waals surface area contributed by atoms with Gasteiger partial charge in [0.25, 0.3) is 0 Å². The maximum absolute atomic E-state index is 13.5. The van der Waals surface area contributed by atoms with Gasteiger partial charge in [-0.3, -0.25) is 0 Å². The van der Waals surface area contributed by atoms with E-state index in [2.05, 4.69) is 15.9 Å². The molecule has 2 fully saturated rings. The molecule has 132 valence electrons. The van der Waals surface area contributed by atoms with Gasteiger partial charge in [0.05, 0.1) is 17.2 Å². The molecule has 2 aliphatic rings. The first kappa shape index (κ1) is 17.7. The summed E-state index contributed by atoms with van der Waals surface area (Å²) in [5.41, 5.74) is 0.350. The Hall–Kier alpha value is -1.14. The molecular formula is C18H23BrFNO3. The molecule has 1 saturated carbocycles. The van der Waals surface area contributed by atoms with Crippen molar-refractivity contribution in [2.45, 2.75) is 58.0 Å². The summed E-state index contributed by atoms with van der Waals surface area (Å²) < 4.78 is 25.5. The van der Waals surface area contributed by atoms with Crippen molar-refractivity contribution in [3.8, 4) is 0 Å². The Morgan fingerprint density at radius 2 is 2.12 bits per heavy atom. The van der Waals surface area contributed by atoms with Gasteiger partial charge in [-0.2, -0.15) is 0 Å². The Morgan fingerprint density at radius 1 is 1.38 bits per heavy atom. The molecule has 3 unspecified atom stereocenters. The molecule has 1 aliphatic heterocycles. The Bertz CT molecular complexity index is 631. The zero-order valence-electron chi connectivity index (χ0n) is 14.2. The van der Waals surface area contributed by atoms with Crippen LogP contribution in [0.3, 0.4) is 0 Å². The van der Waals surface area contributed by atoms with Gasteiger partial charge in [0, 0.05) is 18.5 Å². The molecule has 1 aliphatic carbocycles. The maximum Gasteiger partial charge on any atom is 0.410 e. The van der Waals surface area contributed by atoms with Crippen LogP contribution in [0.2, 0.25) is 0 Å². The highest BCUT2D eigenvalue weighted by Gasteiger charge is 2.48. The average molecular weight is 400 g/mol. The maximum atomic E-state index is 13.5. The van der Waals surface area contributed by atoms with Crippen LogP contribution in [0, 0.1) is 11.7 Å². The molecule has 1 amide bonds. The summed E-state index contributed by atoms with van der Waals surface area (Å²) in [6.45, 7) is 6.71. The number of piperidine rings is 1. The van der Waals surface area contributed by atoms with Crippen molar-refractivity contribution in [1.29, 1.82) is 0 Å². The van der Waals surface area contributed by atoms with Gasteiger partial charge in [-0.1, -0.05) is 6.07 Å². The largest absolute Gasteiger partial charge is 0.444 e. The van der Waals surface area contributed by atoms with E-state index in [-0.39, 0.29) is 24.1 Å². The number of fused-ring (bicyclic) bond motifs is 2. The summed E-state index contributed by atoms with van der Waals surface area (Å²) in [6, 6.07) is 5.23. The molecular weight excluding hydrogens is 377 g/mol. The van der Waals surface area contributed by atoms with Crippen molar-refractivity contribution in [2.24, 2.45) is 5.92 Å². The van der Waals surface area contributed by atoms with Crippen molar-refractivity contribution >= 4 is 22.0 Å². The highest BCUT2D eigenvalue weighted by molar-refractivity contribution is 9.10. The van der Waals surface area contributed by atoms with E-state index >= 15 is 0 Å². The molecule has 4 nitrogen and oxygen atoms in total. The number of ether oxygens (including phenoxy) is 2. The van der Waals surface area contributed by atoms with E-state index in [0.29, 0.717) is 23.5 Å². The smallest absolute Gasteiger partial charge is 0.410 e. The Labute approximate surface area is 150 Å². The second-order valence-electron chi connectivity index (χ2n) is 7.62. The van der Waals surface area contributed by atoms with Crippen LogP contribution in [0.15, 0.2) is 22.7 Å². The van der Waals surface area contributed by atoms with Gasteiger partial charge in [-0.25, -0.2) is 9.18 Å². The van der Waals surface area contributed by atoms with Crippen molar-refractivity contribution in [3.05, 3.63) is 34.1 Å². The standard InChI is InChI=1S/C18H23BrFNO3/c1-18(2,3)24-17(22)21-9-12-7-13(21)8-16(12)23-10-11-4-5-14(19)15(20)6-11/h4-6,12-13,16H,7-10H2,1-3H3. The Kier molecular flexibility index (Phi) is 4.89. The molecule has 0 spiro atoms. The van der Waals surface area contributed by atoms with E-state index < -0.39 is 5.60 Å². The predicted octanol–water partition coefficient (Wildman–Crippen LogP) is 4.50. The minimum atomic E-state index is -0.472. The van der Waals surface area contributed by atoms with Crippen LogP contribution >= 0.6 is 15.9 Å². The quantitative estimate of drug-likeness (QED) is 0.750. The second-order valence-corrected chi connectivity index (χ2v) is 8.47. The zero-order chi connectivity index (χ0) is 17.5. The number of nitrogens with zero attached hydrogens (tertiary/aromatic N) is 1. The molecule has 2 bridgehead atoms. The first-order valence-corrected chi connectivity index (χ1v) is 9.07. The monoisotopic (exact) mass is 399 g/mol. The first-order chi connectivity index (χ1) is 11.2. The van der Waals surface area contributed by atoms with Gasteiger partial charge < -0.3 is 14.4 Å². The van der Waals surface area contributed by atoms with Crippen LogP contribution in [0.25, 0.3) is 0 Å². The van der Waals surface area contributed by atoms with Gasteiger partial charge in [0.2, 0.25) is 0 Å². The Morgan fingerprint density at radius 3 is 2.71 bits per heavy atom. The number of benzene rings is 1. The fourth-order valence-electron chi connectivity index (χ4n) is 3.49. The third kappa shape index (κ3) is 3.91. The third-order valence-electron chi connectivity index (χ3n) is 4.55. The molecule has 6 heteroatoms. The molecule has 0 N–H and O–H groups in total. The number of halogens is 2. The molecule has 1 aromatic carbocycles.